The molecule has 3 aliphatic heterocycles. The van der Waals surface area contributed by atoms with Gasteiger partial charge in [0.1, 0.15) is 12.4 Å². The number of fused-ring (bicyclic) bond motifs is 2. The summed E-state index contributed by atoms with van der Waals surface area (Å²) in [7, 11) is 0. The number of likely N-dealkylation sites (tertiary alicyclic amines) is 1. The molecule has 0 unspecified atom stereocenters. The van der Waals surface area contributed by atoms with Crippen LogP contribution in [-0.4, -0.2) is 86.2 Å². The Balaban J connectivity index is 1.24. The number of carbonyl (C=O) groups is 1. The van der Waals surface area contributed by atoms with Gasteiger partial charge in [0, 0.05) is 56.8 Å². The Kier molecular flexibility index (Phi) is 5.28. The van der Waals surface area contributed by atoms with Gasteiger partial charge < -0.3 is 14.4 Å². The highest BCUT2D eigenvalue weighted by Gasteiger charge is 2.63. The molecule has 1 amide bonds. The van der Waals surface area contributed by atoms with E-state index in [2.05, 4.69) is 34.6 Å². The van der Waals surface area contributed by atoms with Crippen molar-refractivity contribution in [3.05, 3.63) is 29.8 Å². The van der Waals surface area contributed by atoms with E-state index in [9.17, 15) is 4.79 Å². The number of nitrogens with zero attached hydrogens (tertiary/aromatic N) is 3. The van der Waals surface area contributed by atoms with E-state index in [1.165, 1.54) is 12.0 Å². The van der Waals surface area contributed by atoms with Gasteiger partial charge in [0.2, 0.25) is 5.91 Å². The number of amides is 1. The smallest absolute Gasteiger partial charge is 0.236 e. The fourth-order valence-corrected chi connectivity index (χ4v) is 6.54. The van der Waals surface area contributed by atoms with Crippen LogP contribution in [-0.2, 0) is 16.1 Å². The number of morpholine rings is 1. The van der Waals surface area contributed by atoms with Crippen LogP contribution in [0.1, 0.15) is 25.8 Å². The number of hydrogen-bond donors (Lipinski definition) is 0. The molecule has 2 saturated heterocycles. The molecule has 0 aromatic heterocycles. The van der Waals surface area contributed by atoms with Gasteiger partial charge >= 0.3 is 0 Å². The monoisotopic (exact) mass is 413 g/mol. The minimum atomic E-state index is 0.269. The van der Waals surface area contributed by atoms with Crippen molar-refractivity contribution in [3.8, 4) is 5.75 Å². The fourth-order valence-electron chi connectivity index (χ4n) is 6.54. The molecule has 0 spiro atoms. The Labute approximate surface area is 180 Å². The summed E-state index contributed by atoms with van der Waals surface area (Å²) in [5, 5.41) is 0. The van der Waals surface area contributed by atoms with Crippen molar-refractivity contribution in [1.82, 2.24) is 14.7 Å². The molecule has 2 atom stereocenters. The average molecular weight is 414 g/mol. The first kappa shape index (κ1) is 20.3. The molecule has 30 heavy (non-hydrogen) atoms. The summed E-state index contributed by atoms with van der Waals surface area (Å²) in [6.45, 7) is 14.1. The summed E-state index contributed by atoms with van der Waals surface area (Å²) in [6.07, 6.45) is 1.22. The predicted octanol–water partition coefficient (Wildman–Crippen LogP) is 2.09. The molecule has 164 valence electrons. The molecule has 4 aliphatic rings. The molecule has 5 rings (SSSR count). The molecule has 0 N–H and O–H groups in total. The Morgan fingerprint density at radius 3 is 2.67 bits per heavy atom. The van der Waals surface area contributed by atoms with E-state index in [1.807, 2.05) is 18.2 Å². The molecule has 6 nitrogen and oxygen atoms in total. The Morgan fingerprint density at radius 2 is 1.87 bits per heavy atom. The quantitative estimate of drug-likeness (QED) is 0.756. The maximum absolute atomic E-state index is 13.3. The van der Waals surface area contributed by atoms with Crippen molar-refractivity contribution in [1.29, 1.82) is 0 Å². The normalized spacial score (nSPS) is 31.3. The van der Waals surface area contributed by atoms with Gasteiger partial charge in [-0.15, -0.1) is 0 Å². The van der Waals surface area contributed by atoms with E-state index in [-0.39, 0.29) is 11.3 Å². The largest absolute Gasteiger partial charge is 0.492 e. The summed E-state index contributed by atoms with van der Waals surface area (Å²) in [4.78, 5) is 20.3. The number of ether oxygens (including phenoxy) is 2. The Bertz CT molecular complexity index is 792. The van der Waals surface area contributed by atoms with E-state index in [1.54, 1.807) is 0 Å². The first-order valence-corrected chi connectivity index (χ1v) is 11.5. The van der Waals surface area contributed by atoms with Gasteiger partial charge in [-0.2, -0.15) is 0 Å². The lowest BCUT2D eigenvalue weighted by Crippen LogP contribution is -2.59. The van der Waals surface area contributed by atoms with Gasteiger partial charge in [-0.05, 0) is 23.8 Å². The van der Waals surface area contributed by atoms with Crippen LogP contribution < -0.4 is 4.74 Å². The third kappa shape index (κ3) is 3.74. The van der Waals surface area contributed by atoms with Crippen LogP contribution in [0.25, 0.3) is 0 Å². The maximum Gasteiger partial charge on any atom is 0.236 e. The molecular weight excluding hydrogens is 378 g/mol. The van der Waals surface area contributed by atoms with Crippen LogP contribution in [0.4, 0.5) is 0 Å². The first-order valence-electron chi connectivity index (χ1n) is 11.5. The van der Waals surface area contributed by atoms with Crippen molar-refractivity contribution in [2.45, 2.75) is 26.8 Å². The minimum absolute atomic E-state index is 0.269. The molecular formula is C24H35N3O3. The van der Waals surface area contributed by atoms with Crippen molar-refractivity contribution in [2.75, 3.05) is 65.6 Å². The van der Waals surface area contributed by atoms with Crippen molar-refractivity contribution in [2.24, 2.45) is 16.7 Å². The zero-order valence-corrected chi connectivity index (χ0v) is 18.4. The second kappa shape index (κ2) is 7.81. The van der Waals surface area contributed by atoms with E-state index >= 15 is 0 Å². The van der Waals surface area contributed by atoms with E-state index in [0.717, 1.165) is 64.8 Å². The van der Waals surface area contributed by atoms with Crippen molar-refractivity contribution in [3.63, 3.8) is 0 Å². The van der Waals surface area contributed by atoms with Crippen molar-refractivity contribution >= 4 is 5.91 Å². The molecule has 6 heteroatoms. The third-order valence-corrected chi connectivity index (χ3v) is 7.78. The SMILES string of the molecule is CC1(C)C[C@]2(CN3CCOCC3)CN(C(=O)CN3CCOc4ccccc4C3)C[C@H]12. The molecule has 1 saturated carbocycles. The minimum Gasteiger partial charge on any atom is -0.492 e. The summed E-state index contributed by atoms with van der Waals surface area (Å²) in [5.41, 5.74) is 1.77. The maximum atomic E-state index is 13.3. The lowest BCUT2D eigenvalue weighted by atomic mass is 9.48. The molecule has 1 aromatic rings. The van der Waals surface area contributed by atoms with Gasteiger partial charge in [-0.3, -0.25) is 14.6 Å². The summed E-state index contributed by atoms with van der Waals surface area (Å²) in [6, 6.07) is 8.18. The van der Waals surface area contributed by atoms with E-state index in [0.29, 0.717) is 24.5 Å². The van der Waals surface area contributed by atoms with Crippen LogP contribution in [0.5, 0.6) is 5.75 Å². The second-order valence-electron chi connectivity index (χ2n) is 10.4. The zero-order chi connectivity index (χ0) is 20.8. The number of hydrogen-bond acceptors (Lipinski definition) is 5. The Morgan fingerprint density at radius 1 is 1.10 bits per heavy atom. The van der Waals surface area contributed by atoms with Gasteiger partial charge in [0.05, 0.1) is 19.8 Å². The highest BCUT2D eigenvalue weighted by atomic mass is 16.5. The van der Waals surface area contributed by atoms with Gasteiger partial charge in [0.25, 0.3) is 0 Å². The zero-order valence-electron chi connectivity index (χ0n) is 18.4. The fraction of sp³-hybridized carbons (Fsp3) is 0.708. The molecule has 3 fully saturated rings. The van der Waals surface area contributed by atoms with E-state index in [4.69, 9.17) is 9.47 Å². The van der Waals surface area contributed by atoms with Crippen LogP contribution in [0.2, 0.25) is 0 Å². The lowest BCUT2D eigenvalue weighted by Gasteiger charge is -2.58. The highest BCUT2D eigenvalue weighted by molar-refractivity contribution is 5.79. The van der Waals surface area contributed by atoms with E-state index < -0.39 is 0 Å². The third-order valence-electron chi connectivity index (χ3n) is 7.78. The second-order valence-corrected chi connectivity index (χ2v) is 10.4. The van der Waals surface area contributed by atoms with Crippen molar-refractivity contribution < 1.29 is 14.3 Å². The number of rotatable bonds is 4. The number of carbonyl (C=O) groups excluding carboxylic acids is 1. The molecule has 0 bridgehead atoms. The molecule has 0 radical (unpaired) electrons. The van der Waals surface area contributed by atoms with Crippen LogP contribution >= 0.6 is 0 Å². The predicted molar refractivity (Wildman–Crippen MR) is 115 cm³/mol. The van der Waals surface area contributed by atoms with Crippen LogP contribution in [0.3, 0.4) is 0 Å². The van der Waals surface area contributed by atoms with Gasteiger partial charge in [0.15, 0.2) is 0 Å². The standard InChI is InChI=1S/C24H35N3O3/c1-23(2)16-24(17-25-7-10-29-11-8-25)18-27(14-21(23)24)22(28)15-26-9-12-30-20-6-4-3-5-19(20)13-26/h3-6,21H,7-18H2,1-2H3/t21-,24+/m1/s1. The summed E-state index contributed by atoms with van der Waals surface area (Å²) in [5.74, 6) is 1.84. The van der Waals surface area contributed by atoms with Gasteiger partial charge in [-0.25, -0.2) is 0 Å². The Hall–Kier alpha value is -1.63. The van der Waals surface area contributed by atoms with Gasteiger partial charge in [-0.1, -0.05) is 32.0 Å². The molecule has 1 aromatic carbocycles. The first-order chi connectivity index (χ1) is 14.5. The summed E-state index contributed by atoms with van der Waals surface area (Å²) < 4.78 is 11.4. The summed E-state index contributed by atoms with van der Waals surface area (Å²) >= 11 is 0. The molecule has 1 aliphatic carbocycles. The molecule has 3 heterocycles. The topological polar surface area (TPSA) is 45.2 Å². The highest BCUT2D eigenvalue weighted by Crippen LogP contribution is 2.63. The number of benzene rings is 1. The lowest BCUT2D eigenvalue weighted by molar-refractivity contribution is -0.132. The van der Waals surface area contributed by atoms with Crippen LogP contribution in [0.15, 0.2) is 24.3 Å². The van der Waals surface area contributed by atoms with Crippen LogP contribution in [0, 0.1) is 16.7 Å². The number of para-hydroxylation sites is 1. The average Bonchev–Trinajstić information content (AvgIpc) is 2.90.